The van der Waals surface area contributed by atoms with Gasteiger partial charge in [0.05, 0.1) is 19.6 Å². The van der Waals surface area contributed by atoms with E-state index in [0.717, 1.165) is 30.9 Å². The van der Waals surface area contributed by atoms with Gasteiger partial charge in [0.15, 0.2) is 5.82 Å². The van der Waals surface area contributed by atoms with Crippen LogP contribution in [-0.2, 0) is 11.2 Å². The molecular weight excluding hydrogens is 306 g/mol. The second-order valence-electron chi connectivity index (χ2n) is 5.82. The number of hydrogen-bond acceptors (Lipinski definition) is 6. The predicted molar refractivity (Wildman–Crippen MR) is 89.9 cm³/mol. The first kappa shape index (κ1) is 16.2. The third-order valence-corrected chi connectivity index (χ3v) is 4.32. The van der Waals surface area contributed by atoms with Gasteiger partial charge in [0.25, 0.3) is 5.88 Å². The molecule has 3 rings (SSSR count). The molecule has 0 aliphatic carbocycles. The summed E-state index contributed by atoms with van der Waals surface area (Å²) in [5.74, 6) is 1.35. The summed E-state index contributed by atoms with van der Waals surface area (Å²) < 4.78 is 5.28. The molecule has 2 aromatic rings. The van der Waals surface area contributed by atoms with E-state index >= 15 is 0 Å². The maximum atomic E-state index is 12.5. The summed E-state index contributed by atoms with van der Waals surface area (Å²) in [6.07, 6.45) is 7.98. The molecule has 3 heterocycles. The average molecular weight is 327 g/mol. The fourth-order valence-electron chi connectivity index (χ4n) is 2.93. The van der Waals surface area contributed by atoms with Crippen molar-refractivity contribution in [3.05, 3.63) is 42.5 Å². The first-order valence-electron chi connectivity index (χ1n) is 7.93. The molecule has 1 atom stereocenters. The van der Waals surface area contributed by atoms with Gasteiger partial charge in [0.2, 0.25) is 5.91 Å². The molecule has 0 radical (unpaired) electrons. The van der Waals surface area contributed by atoms with Gasteiger partial charge in [0, 0.05) is 44.9 Å². The Balaban J connectivity index is 1.63. The van der Waals surface area contributed by atoms with Crippen molar-refractivity contribution in [2.75, 3.05) is 32.1 Å². The smallest absolute Gasteiger partial charge is 0.257 e. The van der Waals surface area contributed by atoms with E-state index in [1.165, 1.54) is 0 Å². The Morgan fingerprint density at radius 2 is 2.21 bits per heavy atom. The molecule has 0 saturated carbocycles. The van der Waals surface area contributed by atoms with Gasteiger partial charge >= 0.3 is 0 Å². The third kappa shape index (κ3) is 3.45. The Hall–Kier alpha value is -2.70. The van der Waals surface area contributed by atoms with Gasteiger partial charge in [-0.15, -0.1) is 0 Å². The summed E-state index contributed by atoms with van der Waals surface area (Å²) in [4.78, 5) is 29.0. The van der Waals surface area contributed by atoms with Crippen molar-refractivity contribution in [3.8, 4) is 5.88 Å². The highest BCUT2D eigenvalue weighted by Crippen LogP contribution is 2.27. The molecule has 1 aliphatic heterocycles. The Bertz CT molecular complexity index is 694. The van der Waals surface area contributed by atoms with Gasteiger partial charge in [0.1, 0.15) is 0 Å². The van der Waals surface area contributed by atoms with E-state index in [-0.39, 0.29) is 11.9 Å². The largest absolute Gasteiger partial charge is 0.478 e. The van der Waals surface area contributed by atoms with Crippen LogP contribution in [0.3, 0.4) is 0 Å². The van der Waals surface area contributed by atoms with E-state index in [1.54, 1.807) is 31.9 Å². The Labute approximate surface area is 141 Å². The number of amides is 1. The number of rotatable bonds is 5. The lowest BCUT2D eigenvalue weighted by Gasteiger charge is -2.25. The van der Waals surface area contributed by atoms with E-state index in [0.29, 0.717) is 12.3 Å². The van der Waals surface area contributed by atoms with Crippen molar-refractivity contribution in [1.82, 2.24) is 19.9 Å². The lowest BCUT2D eigenvalue weighted by atomic mass is 10.1. The van der Waals surface area contributed by atoms with Crippen LogP contribution in [0.25, 0.3) is 0 Å². The molecule has 1 fully saturated rings. The summed E-state index contributed by atoms with van der Waals surface area (Å²) in [5.41, 5.74) is 0.930. The second kappa shape index (κ2) is 7.25. The zero-order chi connectivity index (χ0) is 16.9. The monoisotopic (exact) mass is 327 g/mol. The molecule has 24 heavy (non-hydrogen) atoms. The van der Waals surface area contributed by atoms with Crippen molar-refractivity contribution in [2.24, 2.45) is 0 Å². The zero-order valence-electron chi connectivity index (χ0n) is 13.9. The number of carbonyl (C=O) groups excluding carboxylic acids is 1. The van der Waals surface area contributed by atoms with Crippen LogP contribution in [0.5, 0.6) is 5.88 Å². The minimum Gasteiger partial charge on any atom is -0.478 e. The Morgan fingerprint density at radius 3 is 2.96 bits per heavy atom. The van der Waals surface area contributed by atoms with E-state index in [4.69, 9.17) is 4.74 Å². The van der Waals surface area contributed by atoms with Crippen LogP contribution in [-0.4, -0.2) is 59.0 Å². The van der Waals surface area contributed by atoms with Crippen LogP contribution in [0.2, 0.25) is 0 Å². The molecule has 1 amide bonds. The highest BCUT2D eigenvalue weighted by atomic mass is 16.5. The Morgan fingerprint density at radius 1 is 1.38 bits per heavy atom. The van der Waals surface area contributed by atoms with Crippen LogP contribution in [0.1, 0.15) is 12.0 Å². The van der Waals surface area contributed by atoms with Crippen molar-refractivity contribution in [1.29, 1.82) is 0 Å². The van der Waals surface area contributed by atoms with Crippen molar-refractivity contribution in [3.63, 3.8) is 0 Å². The first-order valence-corrected chi connectivity index (χ1v) is 7.93. The summed E-state index contributed by atoms with van der Waals surface area (Å²) in [6.45, 7) is 1.55. The number of methoxy groups -OCH3 is 1. The fourth-order valence-corrected chi connectivity index (χ4v) is 2.93. The highest BCUT2D eigenvalue weighted by molar-refractivity contribution is 5.79. The standard InChI is InChI=1S/C17H21N5O2/c1-21(15(23)10-13-4-3-6-18-11-13)14-5-9-22(12-14)16-17(24-2)20-8-7-19-16/h3-4,6-8,11,14H,5,9-10,12H2,1-2H3. The zero-order valence-corrected chi connectivity index (χ0v) is 13.9. The highest BCUT2D eigenvalue weighted by Gasteiger charge is 2.30. The number of pyridine rings is 1. The molecule has 1 saturated heterocycles. The summed E-state index contributed by atoms with van der Waals surface area (Å²) in [6, 6.07) is 3.92. The summed E-state index contributed by atoms with van der Waals surface area (Å²) >= 11 is 0. The topological polar surface area (TPSA) is 71.5 Å². The first-order chi connectivity index (χ1) is 11.7. The summed E-state index contributed by atoms with van der Waals surface area (Å²) in [5, 5.41) is 0. The molecule has 7 nitrogen and oxygen atoms in total. The molecule has 1 aliphatic rings. The van der Waals surface area contributed by atoms with Gasteiger partial charge < -0.3 is 14.5 Å². The van der Waals surface area contributed by atoms with E-state index in [2.05, 4.69) is 19.9 Å². The third-order valence-electron chi connectivity index (χ3n) is 4.32. The molecule has 2 aromatic heterocycles. The van der Waals surface area contributed by atoms with Gasteiger partial charge in [-0.1, -0.05) is 6.07 Å². The SMILES string of the molecule is COc1nccnc1N1CCC(N(C)C(=O)Cc2cccnc2)C1. The van der Waals surface area contributed by atoms with E-state index < -0.39 is 0 Å². The molecule has 0 bridgehead atoms. The average Bonchev–Trinajstić information content (AvgIpc) is 3.11. The number of nitrogens with zero attached hydrogens (tertiary/aromatic N) is 5. The summed E-state index contributed by atoms with van der Waals surface area (Å²) in [7, 11) is 3.45. The number of likely N-dealkylation sites (N-methyl/N-ethyl adjacent to an activating group) is 1. The van der Waals surface area contributed by atoms with Crippen molar-refractivity contribution in [2.45, 2.75) is 18.9 Å². The van der Waals surface area contributed by atoms with Crippen LogP contribution >= 0.6 is 0 Å². The maximum absolute atomic E-state index is 12.5. The van der Waals surface area contributed by atoms with Gasteiger partial charge in [-0.2, -0.15) is 0 Å². The maximum Gasteiger partial charge on any atom is 0.257 e. The molecule has 7 heteroatoms. The van der Waals surface area contributed by atoms with Crippen LogP contribution in [0.4, 0.5) is 5.82 Å². The fraction of sp³-hybridized carbons (Fsp3) is 0.412. The quantitative estimate of drug-likeness (QED) is 0.821. The molecule has 0 aromatic carbocycles. The van der Waals surface area contributed by atoms with Crippen LogP contribution < -0.4 is 9.64 Å². The van der Waals surface area contributed by atoms with E-state index in [1.807, 2.05) is 24.1 Å². The second-order valence-corrected chi connectivity index (χ2v) is 5.82. The number of anilines is 1. The van der Waals surface area contributed by atoms with Crippen LogP contribution in [0.15, 0.2) is 36.9 Å². The normalized spacial score (nSPS) is 16.9. The molecule has 1 unspecified atom stereocenters. The number of hydrogen-bond donors (Lipinski definition) is 0. The van der Waals surface area contributed by atoms with Crippen LogP contribution in [0, 0.1) is 0 Å². The van der Waals surface area contributed by atoms with Gasteiger partial charge in [-0.05, 0) is 18.1 Å². The van der Waals surface area contributed by atoms with Gasteiger partial charge in [-0.25, -0.2) is 9.97 Å². The number of carbonyl (C=O) groups is 1. The molecule has 0 N–H and O–H groups in total. The minimum absolute atomic E-state index is 0.0981. The van der Waals surface area contributed by atoms with Gasteiger partial charge in [-0.3, -0.25) is 9.78 Å². The number of ether oxygens (including phenoxy) is 1. The molecule has 0 spiro atoms. The lowest BCUT2D eigenvalue weighted by Crippen LogP contribution is -2.40. The Kier molecular flexibility index (Phi) is 4.88. The van der Waals surface area contributed by atoms with Crippen molar-refractivity contribution >= 4 is 11.7 Å². The van der Waals surface area contributed by atoms with E-state index in [9.17, 15) is 4.79 Å². The lowest BCUT2D eigenvalue weighted by molar-refractivity contribution is -0.130. The van der Waals surface area contributed by atoms with Crippen molar-refractivity contribution < 1.29 is 9.53 Å². The minimum atomic E-state index is 0.0981. The molecular formula is C17H21N5O2. The molecule has 126 valence electrons. The number of aromatic nitrogens is 3. The predicted octanol–water partition coefficient (Wildman–Crippen LogP) is 1.16.